The molecule has 0 saturated heterocycles. The molecule has 2 aromatic heterocycles. The molecule has 20 heavy (non-hydrogen) atoms. The molecule has 0 aliphatic carbocycles. The average molecular weight is 272 g/mol. The van der Waals surface area contributed by atoms with E-state index in [2.05, 4.69) is 20.3 Å². The molecule has 0 unspecified atom stereocenters. The van der Waals surface area contributed by atoms with Crippen LogP contribution in [0.4, 0.5) is 0 Å². The van der Waals surface area contributed by atoms with Crippen molar-refractivity contribution in [1.82, 2.24) is 20.3 Å². The van der Waals surface area contributed by atoms with E-state index in [0.717, 1.165) is 12.0 Å². The molecule has 2 rings (SSSR count). The number of nitrogens with zero attached hydrogens (tertiary/aromatic N) is 2. The maximum Gasteiger partial charge on any atom is 0.254 e. The van der Waals surface area contributed by atoms with Gasteiger partial charge in [0.1, 0.15) is 0 Å². The molecule has 0 fully saturated rings. The van der Waals surface area contributed by atoms with Crippen molar-refractivity contribution < 1.29 is 4.79 Å². The number of nitrogens with one attached hydrogen (secondary N) is 2. The molecule has 6 nitrogen and oxygen atoms in total. The number of amides is 1. The molecule has 1 amide bonds. The summed E-state index contributed by atoms with van der Waals surface area (Å²) in [5.41, 5.74) is 1.07. The lowest BCUT2D eigenvalue weighted by atomic mass is 10.1. The number of carbonyl (C=O) groups excluding carboxylic acids is 1. The lowest BCUT2D eigenvalue weighted by Crippen LogP contribution is -2.31. The summed E-state index contributed by atoms with van der Waals surface area (Å²) in [5, 5.41) is 2.91. The van der Waals surface area contributed by atoms with Crippen LogP contribution in [0.25, 0.3) is 0 Å². The number of carbonyl (C=O) groups is 1. The normalized spacial score (nSPS) is 11.8. The zero-order valence-corrected chi connectivity index (χ0v) is 11.2. The van der Waals surface area contributed by atoms with E-state index < -0.39 is 0 Å². The summed E-state index contributed by atoms with van der Waals surface area (Å²) in [6.07, 6.45) is 6.87. The van der Waals surface area contributed by atoms with Gasteiger partial charge in [-0.1, -0.05) is 6.92 Å². The Balaban J connectivity index is 2.04. The van der Waals surface area contributed by atoms with Crippen LogP contribution < -0.4 is 10.9 Å². The number of hydrogen-bond donors (Lipinski definition) is 2. The predicted molar refractivity (Wildman–Crippen MR) is 74.0 cm³/mol. The lowest BCUT2D eigenvalue weighted by Gasteiger charge is -2.17. The van der Waals surface area contributed by atoms with Crippen molar-refractivity contribution in [2.24, 2.45) is 0 Å². The third-order valence-corrected chi connectivity index (χ3v) is 3.00. The zero-order chi connectivity index (χ0) is 14.4. The summed E-state index contributed by atoms with van der Waals surface area (Å²) in [6, 6.07) is 3.65. The largest absolute Gasteiger partial charge is 0.349 e. The molecule has 2 aromatic rings. The molecular formula is C14H16N4O2. The van der Waals surface area contributed by atoms with E-state index >= 15 is 0 Å². The monoisotopic (exact) mass is 272 g/mol. The predicted octanol–water partition coefficient (Wildman–Crippen LogP) is 0.975. The van der Waals surface area contributed by atoms with Crippen LogP contribution in [-0.4, -0.2) is 20.9 Å². The van der Waals surface area contributed by atoms with E-state index in [-0.39, 0.29) is 23.9 Å². The van der Waals surface area contributed by atoms with Gasteiger partial charge in [0.05, 0.1) is 18.8 Å². The Labute approximate surface area is 116 Å². The Morgan fingerprint density at radius 3 is 2.75 bits per heavy atom. The molecule has 1 atom stereocenters. The van der Waals surface area contributed by atoms with Crippen LogP contribution in [0.3, 0.4) is 0 Å². The first-order valence-electron chi connectivity index (χ1n) is 6.41. The Bertz CT molecular complexity index is 624. The van der Waals surface area contributed by atoms with Crippen molar-refractivity contribution in [3.8, 4) is 0 Å². The second kappa shape index (κ2) is 6.60. The molecule has 6 heteroatoms. The minimum Gasteiger partial charge on any atom is -0.349 e. The first-order valence-corrected chi connectivity index (χ1v) is 6.41. The van der Waals surface area contributed by atoms with Crippen LogP contribution in [-0.2, 0) is 11.2 Å². The second-order valence-electron chi connectivity index (χ2n) is 4.39. The molecule has 104 valence electrons. The van der Waals surface area contributed by atoms with E-state index in [9.17, 15) is 9.59 Å². The van der Waals surface area contributed by atoms with E-state index in [1.165, 1.54) is 12.5 Å². The molecule has 0 spiro atoms. The van der Waals surface area contributed by atoms with Gasteiger partial charge in [-0.15, -0.1) is 0 Å². The Kier molecular flexibility index (Phi) is 4.60. The molecule has 2 N–H and O–H groups in total. The van der Waals surface area contributed by atoms with Gasteiger partial charge in [0.2, 0.25) is 5.91 Å². The fourth-order valence-electron chi connectivity index (χ4n) is 1.94. The average Bonchev–Trinajstić information content (AvgIpc) is 2.48. The summed E-state index contributed by atoms with van der Waals surface area (Å²) in [7, 11) is 0. The number of aromatic amines is 1. The van der Waals surface area contributed by atoms with Gasteiger partial charge in [0, 0.05) is 24.2 Å². The summed E-state index contributed by atoms with van der Waals surface area (Å²) in [4.78, 5) is 33.7. The highest BCUT2D eigenvalue weighted by Gasteiger charge is 2.14. The number of hydrogen-bond acceptors (Lipinski definition) is 4. The van der Waals surface area contributed by atoms with Gasteiger partial charge in [-0.2, -0.15) is 0 Å². The van der Waals surface area contributed by atoms with Gasteiger partial charge in [-0.25, -0.2) is 4.98 Å². The molecule has 0 aliphatic heterocycles. The highest BCUT2D eigenvalue weighted by molar-refractivity contribution is 5.78. The van der Waals surface area contributed by atoms with Gasteiger partial charge in [0.25, 0.3) is 5.56 Å². The van der Waals surface area contributed by atoms with Crippen LogP contribution >= 0.6 is 0 Å². The topological polar surface area (TPSA) is 87.7 Å². The van der Waals surface area contributed by atoms with Crippen molar-refractivity contribution in [2.75, 3.05) is 0 Å². The van der Waals surface area contributed by atoms with Gasteiger partial charge < -0.3 is 10.3 Å². The Morgan fingerprint density at radius 2 is 2.10 bits per heavy atom. The van der Waals surface area contributed by atoms with Crippen molar-refractivity contribution in [2.45, 2.75) is 25.8 Å². The molecule has 0 saturated carbocycles. The molecular weight excluding hydrogens is 256 g/mol. The fraction of sp³-hybridized carbons (Fsp3) is 0.286. The summed E-state index contributed by atoms with van der Waals surface area (Å²) < 4.78 is 0. The maximum atomic E-state index is 12.0. The lowest BCUT2D eigenvalue weighted by molar-refractivity contribution is -0.121. The van der Waals surface area contributed by atoms with Crippen LogP contribution in [0.1, 0.15) is 30.5 Å². The third-order valence-electron chi connectivity index (χ3n) is 3.00. The third kappa shape index (κ3) is 3.50. The van der Waals surface area contributed by atoms with Crippen molar-refractivity contribution in [3.05, 3.63) is 58.5 Å². The highest BCUT2D eigenvalue weighted by Crippen LogP contribution is 2.15. The Hall–Kier alpha value is -2.50. The first-order chi connectivity index (χ1) is 9.70. The SMILES string of the molecule is CC[C@H](NC(=O)Cc1cnc[nH]c1=O)c1ccncc1. The van der Waals surface area contributed by atoms with Crippen LogP contribution in [0.2, 0.25) is 0 Å². The zero-order valence-electron chi connectivity index (χ0n) is 11.2. The van der Waals surface area contributed by atoms with Crippen molar-refractivity contribution in [1.29, 1.82) is 0 Å². The first kappa shape index (κ1) is 13.9. The fourth-order valence-corrected chi connectivity index (χ4v) is 1.94. The molecule has 0 aliphatic rings. The smallest absolute Gasteiger partial charge is 0.254 e. The molecule has 0 radical (unpaired) electrons. The van der Waals surface area contributed by atoms with Crippen molar-refractivity contribution in [3.63, 3.8) is 0 Å². The highest BCUT2D eigenvalue weighted by atomic mass is 16.2. The molecule has 0 aromatic carbocycles. The minimum absolute atomic E-state index is 0.0186. The molecule has 2 heterocycles. The Morgan fingerprint density at radius 1 is 1.35 bits per heavy atom. The number of H-pyrrole nitrogens is 1. The van der Waals surface area contributed by atoms with Crippen LogP contribution in [0.15, 0.2) is 41.8 Å². The van der Waals surface area contributed by atoms with Gasteiger partial charge in [-0.05, 0) is 24.1 Å². The van der Waals surface area contributed by atoms with E-state index in [0.29, 0.717) is 5.56 Å². The van der Waals surface area contributed by atoms with Crippen LogP contribution in [0.5, 0.6) is 0 Å². The van der Waals surface area contributed by atoms with E-state index in [1.54, 1.807) is 12.4 Å². The quantitative estimate of drug-likeness (QED) is 0.849. The number of rotatable bonds is 5. The summed E-state index contributed by atoms with van der Waals surface area (Å²) >= 11 is 0. The van der Waals surface area contributed by atoms with Crippen molar-refractivity contribution >= 4 is 5.91 Å². The van der Waals surface area contributed by atoms with Gasteiger partial charge in [-0.3, -0.25) is 14.6 Å². The second-order valence-corrected chi connectivity index (χ2v) is 4.39. The number of pyridine rings is 1. The van der Waals surface area contributed by atoms with Crippen LogP contribution in [0, 0.1) is 0 Å². The summed E-state index contributed by atoms with van der Waals surface area (Å²) in [6.45, 7) is 1.99. The van der Waals surface area contributed by atoms with E-state index in [1.807, 2.05) is 19.1 Å². The number of aromatic nitrogens is 3. The van der Waals surface area contributed by atoms with E-state index in [4.69, 9.17) is 0 Å². The maximum absolute atomic E-state index is 12.0. The molecule has 0 bridgehead atoms. The van der Waals surface area contributed by atoms with Gasteiger partial charge in [0.15, 0.2) is 0 Å². The summed E-state index contributed by atoms with van der Waals surface area (Å²) in [5.74, 6) is -0.202. The van der Waals surface area contributed by atoms with Gasteiger partial charge >= 0.3 is 0 Å². The standard InChI is InChI=1S/C14H16N4O2/c1-2-12(10-3-5-15-6-4-10)18-13(19)7-11-8-16-9-17-14(11)20/h3-6,8-9,12H,2,7H2,1H3,(H,18,19)(H,16,17,20)/t12-/m0/s1. The minimum atomic E-state index is -0.285.